The van der Waals surface area contributed by atoms with Gasteiger partial charge in [0.05, 0.1) is 30.1 Å². The van der Waals surface area contributed by atoms with Crippen molar-refractivity contribution in [3.63, 3.8) is 0 Å². The zero-order valence-electron chi connectivity index (χ0n) is 18.2. The zero-order valence-corrected chi connectivity index (χ0v) is 18.2. The molecule has 0 aliphatic carbocycles. The van der Waals surface area contributed by atoms with Crippen LogP contribution in [0.2, 0.25) is 0 Å². The van der Waals surface area contributed by atoms with Crippen LogP contribution in [0.5, 0.6) is 0 Å². The summed E-state index contributed by atoms with van der Waals surface area (Å²) in [5.41, 5.74) is 0.850. The summed E-state index contributed by atoms with van der Waals surface area (Å²) in [7, 11) is 0. The second kappa shape index (κ2) is 9.18. The van der Waals surface area contributed by atoms with Gasteiger partial charge in [0.2, 0.25) is 5.95 Å². The number of carboxylic acid groups (broad SMARTS) is 2. The van der Waals surface area contributed by atoms with E-state index in [1.165, 1.54) is 12.1 Å². The maximum Gasteiger partial charge on any atom is 0.335 e. The van der Waals surface area contributed by atoms with E-state index in [2.05, 4.69) is 25.6 Å². The highest BCUT2D eigenvalue weighted by Crippen LogP contribution is 2.27. The molecule has 0 saturated heterocycles. The van der Waals surface area contributed by atoms with Gasteiger partial charge in [0.25, 0.3) is 0 Å². The van der Waals surface area contributed by atoms with E-state index in [1.54, 1.807) is 6.33 Å². The van der Waals surface area contributed by atoms with Gasteiger partial charge in [-0.2, -0.15) is 9.97 Å². The van der Waals surface area contributed by atoms with Crippen LogP contribution in [0.25, 0.3) is 11.2 Å². The van der Waals surface area contributed by atoms with Gasteiger partial charge in [0, 0.05) is 11.7 Å². The highest BCUT2D eigenvalue weighted by molar-refractivity contribution is 5.96. The van der Waals surface area contributed by atoms with E-state index in [1.807, 2.05) is 32.3 Å². The van der Waals surface area contributed by atoms with E-state index in [4.69, 9.17) is 0 Å². The van der Waals surface area contributed by atoms with Gasteiger partial charge in [-0.25, -0.2) is 14.6 Å². The number of imidazole rings is 1. The number of aromatic nitrogens is 4. The summed E-state index contributed by atoms with van der Waals surface area (Å²) in [6.45, 7) is 7.74. The van der Waals surface area contributed by atoms with Gasteiger partial charge in [-0.05, 0) is 38.0 Å². The lowest BCUT2D eigenvalue weighted by Crippen LogP contribution is -2.30. The largest absolute Gasteiger partial charge is 0.478 e. The van der Waals surface area contributed by atoms with Crippen LogP contribution in [-0.2, 0) is 0 Å². The molecule has 2 heterocycles. The minimum Gasteiger partial charge on any atom is -0.478 e. The van der Waals surface area contributed by atoms with Gasteiger partial charge in [0.1, 0.15) is 0 Å². The van der Waals surface area contributed by atoms with E-state index in [-0.39, 0.29) is 53.2 Å². The third-order valence-corrected chi connectivity index (χ3v) is 4.98. The molecule has 1 unspecified atom stereocenters. The van der Waals surface area contributed by atoms with Crippen LogP contribution in [0.15, 0.2) is 24.5 Å². The van der Waals surface area contributed by atoms with Crippen LogP contribution in [-0.4, -0.2) is 59.4 Å². The lowest BCUT2D eigenvalue weighted by Gasteiger charge is -2.20. The van der Waals surface area contributed by atoms with Crippen LogP contribution < -0.4 is 10.6 Å². The molecule has 0 bridgehead atoms. The number of benzene rings is 1. The lowest BCUT2D eigenvalue weighted by atomic mass is 10.1. The van der Waals surface area contributed by atoms with Gasteiger partial charge >= 0.3 is 11.9 Å². The number of aliphatic hydroxyl groups is 1. The molecule has 1 aromatic carbocycles. The standard InChI is InChI=1S/C21H26N6O5/c1-10(2)15(8-28)24-21-25-17(16-18(26-21)27(9-22-16)11(3)4)23-14-6-12(19(29)30)5-13(7-14)20(31)32/h5-7,9-11,15,28H,8H2,1-4H3,(H,29,30)(H,31,32)(H2,23,24,25,26). The van der Waals surface area contributed by atoms with Crippen molar-refractivity contribution in [1.29, 1.82) is 0 Å². The molecule has 0 aliphatic heterocycles. The van der Waals surface area contributed by atoms with Gasteiger partial charge in [0.15, 0.2) is 17.0 Å². The first-order valence-electron chi connectivity index (χ1n) is 10.1. The van der Waals surface area contributed by atoms with E-state index in [9.17, 15) is 24.9 Å². The van der Waals surface area contributed by atoms with Gasteiger partial charge in [-0.15, -0.1) is 0 Å². The molecule has 0 aliphatic rings. The van der Waals surface area contributed by atoms with E-state index in [0.717, 1.165) is 6.07 Å². The molecule has 3 aromatic rings. The smallest absolute Gasteiger partial charge is 0.335 e. The summed E-state index contributed by atoms with van der Waals surface area (Å²) in [6, 6.07) is 3.49. The van der Waals surface area contributed by atoms with Gasteiger partial charge in [-0.3, -0.25) is 0 Å². The Morgan fingerprint density at radius 2 is 1.66 bits per heavy atom. The molecule has 1 atom stereocenters. The lowest BCUT2D eigenvalue weighted by molar-refractivity contribution is 0.0696. The molecule has 0 fully saturated rings. The third-order valence-electron chi connectivity index (χ3n) is 4.98. The van der Waals surface area contributed by atoms with Crippen molar-refractivity contribution in [3.05, 3.63) is 35.7 Å². The van der Waals surface area contributed by atoms with E-state index < -0.39 is 11.9 Å². The minimum atomic E-state index is -1.25. The summed E-state index contributed by atoms with van der Waals surface area (Å²) in [6.07, 6.45) is 1.63. The van der Waals surface area contributed by atoms with E-state index >= 15 is 0 Å². The third kappa shape index (κ3) is 4.78. The molecule has 11 heteroatoms. The topological polar surface area (TPSA) is 162 Å². The fraction of sp³-hybridized carbons (Fsp3) is 0.381. The van der Waals surface area contributed by atoms with Crippen molar-refractivity contribution in [3.8, 4) is 0 Å². The van der Waals surface area contributed by atoms with Gasteiger partial charge < -0.3 is 30.5 Å². The molecule has 2 aromatic heterocycles. The minimum absolute atomic E-state index is 0.0586. The van der Waals surface area contributed by atoms with Crippen LogP contribution in [0.3, 0.4) is 0 Å². The fourth-order valence-corrected chi connectivity index (χ4v) is 3.12. The van der Waals surface area contributed by atoms with Crippen LogP contribution in [0, 0.1) is 5.92 Å². The monoisotopic (exact) mass is 442 g/mol. The van der Waals surface area contributed by atoms with Crippen molar-refractivity contribution in [2.24, 2.45) is 5.92 Å². The number of carboxylic acids is 2. The van der Waals surface area contributed by atoms with Crippen LogP contribution in [0.4, 0.5) is 17.5 Å². The van der Waals surface area contributed by atoms with Gasteiger partial charge in [-0.1, -0.05) is 13.8 Å². The van der Waals surface area contributed by atoms with E-state index in [0.29, 0.717) is 11.2 Å². The van der Waals surface area contributed by atoms with Crippen molar-refractivity contribution in [2.75, 3.05) is 17.2 Å². The Kier molecular flexibility index (Phi) is 6.58. The average molecular weight is 442 g/mol. The van der Waals surface area contributed by atoms with Crippen LogP contribution in [0.1, 0.15) is 54.5 Å². The average Bonchev–Trinajstić information content (AvgIpc) is 3.16. The number of fused-ring (bicyclic) bond motifs is 1. The summed E-state index contributed by atoms with van der Waals surface area (Å²) in [4.78, 5) is 36.3. The first-order valence-corrected chi connectivity index (χ1v) is 10.1. The Morgan fingerprint density at radius 3 is 2.16 bits per heavy atom. The molecule has 0 radical (unpaired) electrons. The molecule has 0 spiro atoms. The quantitative estimate of drug-likeness (QED) is 0.333. The summed E-state index contributed by atoms with van der Waals surface area (Å²) in [5, 5.41) is 34.5. The molecule has 11 nitrogen and oxygen atoms in total. The fourth-order valence-electron chi connectivity index (χ4n) is 3.12. The Morgan fingerprint density at radius 1 is 1.03 bits per heavy atom. The van der Waals surface area contributed by atoms with Crippen molar-refractivity contribution in [1.82, 2.24) is 19.5 Å². The first kappa shape index (κ1) is 22.9. The predicted molar refractivity (Wildman–Crippen MR) is 119 cm³/mol. The molecule has 0 saturated carbocycles. The number of nitrogens with zero attached hydrogens (tertiary/aromatic N) is 4. The maximum atomic E-state index is 11.4. The number of aromatic carboxylic acids is 2. The molecule has 0 amide bonds. The maximum absolute atomic E-state index is 11.4. The number of carbonyl (C=O) groups is 2. The highest BCUT2D eigenvalue weighted by atomic mass is 16.4. The normalized spacial score (nSPS) is 12.3. The summed E-state index contributed by atoms with van der Waals surface area (Å²) < 4.78 is 1.85. The molecular weight excluding hydrogens is 416 g/mol. The SMILES string of the molecule is CC(C)C(CO)Nc1nc(Nc2cc(C(=O)O)cc(C(=O)O)c2)c2ncn(C(C)C)c2n1. The van der Waals surface area contributed by atoms with Crippen molar-refractivity contribution >= 4 is 40.6 Å². The molecule has 3 rings (SSSR count). The number of hydrogen-bond donors (Lipinski definition) is 5. The van der Waals surface area contributed by atoms with Crippen molar-refractivity contribution in [2.45, 2.75) is 39.8 Å². The second-order valence-electron chi connectivity index (χ2n) is 8.03. The summed E-state index contributed by atoms with van der Waals surface area (Å²) >= 11 is 0. The second-order valence-corrected chi connectivity index (χ2v) is 8.03. The molecule has 32 heavy (non-hydrogen) atoms. The zero-order chi connectivity index (χ0) is 23.6. The molecular formula is C21H26N6O5. The number of hydrogen-bond acceptors (Lipinski definition) is 8. The number of nitrogens with one attached hydrogen (secondary N) is 2. The predicted octanol–water partition coefficient (Wildman–Crippen LogP) is 2.98. The Balaban J connectivity index is 2.13. The van der Waals surface area contributed by atoms with Crippen molar-refractivity contribution < 1.29 is 24.9 Å². The highest BCUT2D eigenvalue weighted by Gasteiger charge is 2.19. The summed E-state index contributed by atoms with van der Waals surface area (Å²) in [5.74, 6) is -1.87. The molecule has 5 N–H and O–H groups in total. The molecule has 170 valence electrons. The number of aliphatic hydroxyl groups excluding tert-OH is 1. The van der Waals surface area contributed by atoms with Crippen LogP contribution >= 0.6 is 0 Å². The Hall–Kier alpha value is -3.73. The Bertz CT molecular complexity index is 1120. The number of anilines is 3. The Labute approximate surface area is 184 Å². The number of rotatable bonds is 9. The first-order chi connectivity index (χ1) is 15.1.